The number of phenols is 1. The minimum absolute atomic E-state index is 0.162. The number of primary amides is 1. The molecule has 1 aliphatic heterocycles. The molecule has 150 valence electrons. The number of urea groups is 1. The molecule has 0 aliphatic carbocycles. The topological polar surface area (TPSA) is 104 Å². The fourth-order valence-corrected chi connectivity index (χ4v) is 4.58. The number of amides is 2. The number of thiol groups is 1. The fourth-order valence-electron chi connectivity index (χ4n) is 3.66. The van der Waals surface area contributed by atoms with Crippen molar-refractivity contribution in [1.82, 2.24) is 4.31 Å². The number of carbonyl (C=O) groups excluding carboxylic acids is 1. The quantitative estimate of drug-likeness (QED) is 0.642. The lowest BCUT2D eigenvalue weighted by Gasteiger charge is -2.26. The van der Waals surface area contributed by atoms with Crippen LogP contribution in [0.4, 0.5) is 16.2 Å². The number of hydrogen-bond donors (Lipinski definition) is 3. The Kier molecular flexibility index (Phi) is 6.12. The van der Waals surface area contributed by atoms with E-state index in [-0.39, 0.29) is 23.9 Å². The molecule has 0 spiro atoms. The van der Waals surface area contributed by atoms with Crippen molar-refractivity contribution in [1.29, 1.82) is 0 Å². The number of carbonyl (C=O) groups is 1. The number of halogens is 1. The molecule has 2 aromatic rings. The molecule has 0 aromatic heterocycles. The molecule has 7 nitrogen and oxygen atoms in total. The van der Waals surface area contributed by atoms with E-state index in [9.17, 15) is 18.3 Å². The summed E-state index contributed by atoms with van der Waals surface area (Å²) in [4.78, 5) is 13.6. The Morgan fingerprint density at radius 2 is 2.00 bits per heavy atom. The van der Waals surface area contributed by atoms with Crippen LogP contribution in [-0.4, -0.2) is 37.0 Å². The van der Waals surface area contributed by atoms with Crippen molar-refractivity contribution in [2.24, 2.45) is 5.73 Å². The number of anilines is 2. The molecule has 0 bridgehead atoms. The third-order valence-corrected chi connectivity index (χ3v) is 6.18. The molecule has 1 fully saturated rings. The molecule has 1 aliphatic rings. The fraction of sp³-hybridized carbons (Fsp3) is 0.316. The van der Waals surface area contributed by atoms with E-state index < -0.39 is 16.9 Å². The lowest BCUT2D eigenvalue weighted by molar-refractivity contribution is 0.256. The van der Waals surface area contributed by atoms with Crippen molar-refractivity contribution in [2.75, 3.05) is 18.0 Å². The highest BCUT2D eigenvalue weighted by Crippen LogP contribution is 2.45. The van der Waals surface area contributed by atoms with Crippen molar-refractivity contribution >= 4 is 39.9 Å². The van der Waals surface area contributed by atoms with Crippen molar-refractivity contribution in [3.05, 3.63) is 52.5 Å². The Labute approximate surface area is 170 Å². The number of rotatable bonds is 5. The number of aromatic hydroxyl groups is 1. The first kappa shape index (κ1) is 20.4. The van der Waals surface area contributed by atoms with E-state index in [0.717, 1.165) is 5.56 Å². The highest BCUT2D eigenvalue weighted by molar-refractivity contribution is 7.69. The lowest BCUT2D eigenvalue weighted by Crippen LogP contribution is -2.32. The average Bonchev–Trinajstić information content (AvgIpc) is 3.14. The summed E-state index contributed by atoms with van der Waals surface area (Å²) in [6.45, 7) is 2.56. The van der Waals surface area contributed by atoms with Crippen LogP contribution in [0.1, 0.15) is 30.4 Å². The maximum absolute atomic E-state index is 12.3. The van der Waals surface area contributed by atoms with E-state index in [1.54, 1.807) is 24.3 Å². The van der Waals surface area contributed by atoms with E-state index in [0.29, 0.717) is 35.7 Å². The average molecular weight is 424 g/mol. The molecule has 3 N–H and O–H groups in total. The number of nitrogens with zero attached hydrogens (tertiary/aromatic N) is 2. The molecule has 9 heteroatoms. The second kappa shape index (κ2) is 8.38. The predicted molar refractivity (Wildman–Crippen MR) is 110 cm³/mol. The van der Waals surface area contributed by atoms with E-state index in [1.165, 1.54) is 9.21 Å². The molecule has 28 heavy (non-hydrogen) atoms. The van der Waals surface area contributed by atoms with Gasteiger partial charge in [0.25, 0.3) is 0 Å². The van der Waals surface area contributed by atoms with Gasteiger partial charge in [-0.2, -0.15) is 0 Å². The van der Waals surface area contributed by atoms with Crippen molar-refractivity contribution < 1.29 is 18.3 Å². The van der Waals surface area contributed by atoms with Gasteiger partial charge in [0.1, 0.15) is 5.75 Å². The Morgan fingerprint density at radius 3 is 2.61 bits per heavy atom. The monoisotopic (exact) mass is 423 g/mol. The lowest BCUT2D eigenvalue weighted by atomic mass is 9.96. The largest absolute Gasteiger partial charge is 0.505 e. The molecule has 0 unspecified atom stereocenters. The Hall–Kier alpha value is -2.29. The van der Waals surface area contributed by atoms with Crippen LogP contribution in [0.2, 0.25) is 5.02 Å². The summed E-state index contributed by atoms with van der Waals surface area (Å²) in [6.07, 6.45) is 1.21. The van der Waals surface area contributed by atoms with Gasteiger partial charge in [0.05, 0.1) is 11.4 Å². The maximum Gasteiger partial charge on any atom is 0.324 e. The Balaban J connectivity index is 2.10. The number of benzene rings is 2. The van der Waals surface area contributed by atoms with Gasteiger partial charge in [0.15, 0.2) is 0 Å². The summed E-state index contributed by atoms with van der Waals surface area (Å²) in [5.41, 5.74) is 7.78. The van der Waals surface area contributed by atoms with E-state index in [2.05, 4.69) is 0 Å². The molecular weight excluding hydrogens is 402 g/mol. The van der Waals surface area contributed by atoms with E-state index in [4.69, 9.17) is 17.3 Å². The number of phenolic OH excluding ortho intramolecular Hbond substituents is 1. The first-order valence-electron chi connectivity index (χ1n) is 8.93. The van der Waals surface area contributed by atoms with Gasteiger partial charge in [-0.3, -0.25) is 4.90 Å². The minimum atomic E-state index is -2.69. The zero-order chi connectivity index (χ0) is 20.4. The number of nitrogens with two attached hydrogens (primary N) is 1. The van der Waals surface area contributed by atoms with E-state index in [1.807, 2.05) is 19.1 Å². The third-order valence-electron chi connectivity index (χ3n) is 5.02. The highest BCUT2D eigenvalue weighted by Gasteiger charge is 2.32. The number of hydrogen-bond acceptors (Lipinski definition) is 4. The van der Waals surface area contributed by atoms with Gasteiger partial charge in [-0.05, 0) is 36.6 Å². The van der Waals surface area contributed by atoms with Crippen LogP contribution in [-0.2, 0) is 17.3 Å². The van der Waals surface area contributed by atoms with Gasteiger partial charge in [-0.1, -0.05) is 36.7 Å². The Morgan fingerprint density at radius 1 is 1.29 bits per heavy atom. The SMILES string of the molecule is CCc1ccccc1N(C(N)=O)c1ccc(Cl)c([C@H]2CCN([SH](=O)=O)C2)c1O. The molecule has 1 heterocycles. The van der Waals surface area contributed by atoms with Crippen LogP contribution in [0.25, 0.3) is 0 Å². The molecule has 2 aromatic carbocycles. The first-order chi connectivity index (χ1) is 13.3. The van der Waals surface area contributed by atoms with Crippen LogP contribution in [0.3, 0.4) is 0 Å². The summed E-state index contributed by atoms with van der Waals surface area (Å²) in [6, 6.07) is 9.70. The van der Waals surface area contributed by atoms with Crippen molar-refractivity contribution in [3.63, 3.8) is 0 Å². The minimum Gasteiger partial charge on any atom is -0.505 e. The van der Waals surface area contributed by atoms with Gasteiger partial charge in [0, 0.05) is 29.6 Å². The van der Waals surface area contributed by atoms with Crippen molar-refractivity contribution in [3.8, 4) is 5.75 Å². The zero-order valence-corrected chi connectivity index (χ0v) is 17.0. The van der Waals surface area contributed by atoms with Crippen LogP contribution in [0.5, 0.6) is 5.75 Å². The predicted octanol–water partition coefficient (Wildman–Crippen LogP) is 3.14. The summed E-state index contributed by atoms with van der Waals surface area (Å²) >= 11 is 6.33. The van der Waals surface area contributed by atoms with Crippen LogP contribution < -0.4 is 10.6 Å². The zero-order valence-electron chi connectivity index (χ0n) is 15.3. The van der Waals surface area contributed by atoms with E-state index >= 15 is 0 Å². The Bertz CT molecular complexity index is 972. The van der Waals surface area contributed by atoms with Crippen LogP contribution in [0, 0.1) is 0 Å². The van der Waals surface area contributed by atoms with Gasteiger partial charge in [-0.25, -0.2) is 17.5 Å². The summed E-state index contributed by atoms with van der Waals surface area (Å²) in [5, 5.41) is 11.3. The van der Waals surface area contributed by atoms with Gasteiger partial charge >= 0.3 is 6.03 Å². The molecule has 3 rings (SSSR count). The first-order valence-corrected chi connectivity index (χ1v) is 10.4. The normalized spacial score (nSPS) is 17.2. The van der Waals surface area contributed by atoms with Crippen LogP contribution in [0.15, 0.2) is 36.4 Å². The molecule has 0 radical (unpaired) electrons. The molecule has 1 saturated heterocycles. The molecular formula is C19H22ClN3O4S. The number of para-hydroxylation sites is 1. The molecule has 0 saturated carbocycles. The molecule has 2 amide bonds. The second-order valence-corrected chi connectivity index (χ2v) is 8.07. The maximum atomic E-state index is 12.3. The number of aryl methyl sites for hydroxylation is 1. The highest BCUT2D eigenvalue weighted by atomic mass is 35.5. The smallest absolute Gasteiger partial charge is 0.324 e. The summed E-state index contributed by atoms with van der Waals surface area (Å²) in [5.74, 6) is -0.429. The van der Waals surface area contributed by atoms with Crippen LogP contribution >= 0.6 is 11.6 Å². The van der Waals surface area contributed by atoms with Gasteiger partial charge in [-0.15, -0.1) is 0 Å². The standard InChI is InChI=1S/C19H22ClN3O4S/c1-2-12-5-3-4-6-15(12)23(19(21)25)16-8-7-14(20)17(18(16)24)13-9-10-22(11-13)28(26)27/h3-8,13,24,28H,2,9-11H2,1H3,(H2,21,25)/t13-/m0/s1. The van der Waals surface area contributed by atoms with Gasteiger partial charge < -0.3 is 10.8 Å². The summed E-state index contributed by atoms with van der Waals surface area (Å²) < 4.78 is 23.9. The molecule has 1 atom stereocenters. The van der Waals surface area contributed by atoms with Gasteiger partial charge in [0.2, 0.25) is 10.9 Å². The van der Waals surface area contributed by atoms with Crippen molar-refractivity contribution in [2.45, 2.75) is 25.7 Å². The summed E-state index contributed by atoms with van der Waals surface area (Å²) in [7, 11) is -2.69. The third kappa shape index (κ3) is 3.80. The second-order valence-electron chi connectivity index (χ2n) is 6.62.